The van der Waals surface area contributed by atoms with Crippen molar-refractivity contribution in [2.75, 3.05) is 13.9 Å². The summed E-state index contributed by atoms with van der Waals surface area (Å²) < 4.78 is 31.7. The van der Waals surface area contributed by atoms with Gasteiger partial charge in [0, 0.05) is 5.38 Å². The van der Waals surface area contributed by atoms with E-state index in [0.717, 1.165) is 38.9 Å². The van der Waals surface area contributed by atoms with Crippen LogP contribution in [0.3, 0.4) is 0 Å². The molecule has 0 radical (unpaired) electrons. The van der Waals surface area contributed by atoms with E-state index in [1.165, 1.54) is 12.1 Å². The number of rotatable bonds is 5. The molecule has 4 aromatic rings. The first-order valence-electron chi connectivity index (χ1n) is 9.71. The molecule has 0 bridgehead atoms. The summed E-state index contributed by atoms with van der Waals surface area (Å²) in [5, 5.41) is 2.08. The molecule has 1 aliphatic heterocycles. The SMILES string of the molecule is COc1ccc(-c2csc(=Nc3ccc(F)cc3)n2Cc2ccc3c(c2)OCO3)cc1. The minimum absolute atomic E-state index is 0.243. The van der Waals surface area contributed by atoms with Crippen molar-refractivity contribution in [3.05, 3.63) is 88.3 Å². The topological polar surface area (TPSA) is 45.0 Å². The number of nitrogens with zero attached hydrogens (tertiary/aromatic N) is 2. The van der Waals surface area contributed by atoms with Crippen molar-refractivity contribution in [1.82, 2.24) is 4.57 Å². The highest BCUT2D eigenvalue weighted by molar-refractivity contribution is 7.07. The second kappa shape index (κ2) is 8.28. The van der Waals surface area contributed by atoms with Gasteiger partial charge in [-0.1, -0.05) is 6.07 Å². The highest BCUT2D eigenvalue weighted by Gasteiger charge is 2.15. The van der Waals surface area contributed by atoms with Crippen LogP contribution in [-0.4, -0.2) is 18.5 Å². The molecule has 5 rings (SSSR count). The molecule has 0 unspecified atom stereocenters. The summed E-state index contributed by atoms with van der Waals surface area (Å²) in [7, 11) is 1.65. The summed E-state index contributed by atoms with van der Waals surface area (Å²) in [4.78, 5) is 5.58. The maximum absolute atomic E-state index is 13.3. The molecular formula is C24H19FN2O3S. The second-order valence-electron chi connectivity index (χ2n) is 6.99. The minimum Gasteiger partial charge on any atom is -0.497 e. The lowest BCUT2D eigenvalue weighted by molar-refractivity contribution is 0.174. The van der Waals surface area contributed by atoms with Crippen molar-refractivity contribution in [2.24, 2.45) is 4.99 Å². The van der Waals surface area contributed by atoms with Crippen LogP contribution in [0, 0.1) is 5.82 Å². The number of hydrogen-bond donors (Lipinski definition) is 0. The highest BCUT2D eigenvalue weighted by atomic mass is 32.1. The fourth-order valence-corrected chi connectivity index (χ4v) is 4.34. The maximum atomic E-state index is 13.3. The molecule has 0 aliphatic carbocycles. The lowest BCUT2D eigenvalue weighted by atomic mass is 10.1. The van der Waals surface area contributed by atoms with Gasteiger partial charge < -0.3 is 18.8 Å². The minimum atomic E-state index is -0.280. The van der Waals surface area contributed by atoms with Gasteiger partial charge in [-0.3, -0.25) is 0 Å². The summed E-state index contributed by atoms with van der Waals surface area (Å²) in [6, 6.07) is 20.1. The van der Waals surface area contributed by atoms with E-state index in [9.17, 15) is 4.39 Å². The van der Waals surface area contributed by atoms with Crippen LogP contribution < -0.4 is 19.0 Å². The van der Waals surface area contributed by atoms with Gasteiger partial charge in [0.25, 0.3) is 0 Å². The smallest absolute Gasteiger partial charge is 0.231 e. The third kappa shape index (κ3) is 4.04. The number of ether oxygens (including phenoxy) is 3. The Morgan fingerprint density at radius 2 is 1.77 bits per heavy atom. The van der Waals surface area contributed by atoms with Gasteiger partial charge in [0.15, 0.2) is 16.3 Å². The predicted molar refractivity (Wildman–Crippen MR) is 118 cm³/mol. The van der Waals surface area contributed by atoms with Crippen molar-refractivity contribution in [3.8, 4) is 28.5 Å². The first kappa shape index (κ1) is 19.4. The summed E-state index contributed by atoms with van der Waals surface area (Å²) in [5.74, 6) is 2.02. The van der Waals surface area contributed by atoms with Crippen molar-refractivity contribution >= 4 is 17.0 Å². The van der Waals surface area contributed by atoms with Crippen LogP contribution in [0.15, 0.2) is 77.1 Å². The van der Waals surface area contributed by atoms with E-state index in [0.29, 0.717) is 12.2 Å². The molecule has 0 N–H and O–H groups in total. The van der Waals surface area contributed by atoms with E-state index < -0.39 is 0 Å². The Labute approximate surface area is 182 Å². The third-order valence-electron chi connectivity index (χ3n) is 5.01. The van der Waals surface area contributed by atoms with Gasteiger partial charge >= 0.3 is 0 Å². The molecule has 1 aromatic heterocycles. The Hall–Kier alpha value is -3.58. The molecule has 0 saturated heterocycles. The van der Waals surface area contributed by atoms with Gasteiger partial charge in [0.05, 0.1) is 25.0 Å². The van der Waals surface area contributed by atoms with Gasteiger partial charge in [0.1, 0.15) is 11.6 Å². The number of halogens is 1. The fourth-order valence-electron chi connectivity index (χ4n) is 3.41. The molecule has 5 nitrogen and oxygen atoms in total. The molecule has 0 fully saturated rings. The van der Waals surface area contributed by atoms with E-state index >= 15 is 0 Å². The first-order valence-corrected chi connectivity index (χ1v) is 10.6. The molecule has 2 heterocycles. The molecule has 0 amide bonds. The Kier molecular flexibility index (Phi) is 5.18. The fraction of sp³-hybridized carbons (Fsp3) is 0.125. The number of aromatic nitrogens is 1. The third-order valence-corrected chi connectivity index (χ3v) is 5.88. The Bertz CT molecular complexity index is 1280. The van der Waals surface area contributed by atoms with Crippen LogP contribution in [0.1, 0.15) is 5.56 Å². The summed E-state index contributed by atoms with van der Waals surface area (Å²) in [6.45, 7) is 0.841. The number of methoxy groups -OCH3 is 1. The second-order valence-corrected chi connectivity index (χ2v) is 7.83. The molecule has 31 heavy (non-hydrogen) atoms. The van der Waals surface area contributed by atoms with E-state index in [1.54, 1.807) is 30.6 Å². The first-order chi connectivity index (χ1) is 15.2. The van der Waals surface area contributed by atoms with Crippen LogP contribution in [0.5, 0.6) is 17.2 Å². The number of hydrogen-bond acceptors (Lipinski definition) is 5. The lowest BCUT2D eigenvalue weighted by Gasteiger charge is -2.11. The molecular weight excluding hydrogens is 415 g/mol. The largest absolute Gasteiger partial charge is 0.497 e. The predicted octanol–water partition coefficient (Wildman–Crippen LogP) is 5.37. The van der Waals surface area contributed by atoms with Crippen LogP contribution in [0.2, 0.25) is 0 Å². The molecule has 156 valence electrons. The zero-order valence-electron chi connectivity index (χ0n) is 16.7. The molecule has 0 atom stereocenters. The van der Waals surface area contributed by atoms with Crippen LogP contribution in [-0.2, 0) is 6.54 Å². The average molecular weight is 434 g/mol. The van der Waals surface area contributed by atoms with E-state index in [2.05, 4.69) is 9.95 Å². The molecule has 0 spiro atoms. The number of fused-ring (bicyclic) bond motifs is 1. The zero-order valence-corrected chi connectivity index (χ0v) is 17.6. The van der Waals surface area contributed by atoms with Crippen LogP contribution >= 0.6 is 11.3 Å². The molecule has 7 heteroatoms. The van der Waals surface area contributed by atoms with Gasteiger partial charge in [-0.15, -0.1) is 11.3 Å². The van der Waals surface area contributed by atoms with E-state index in [1.807, 2.05) is 42.5 Å². The summed E-state index contributed by atoms with van der Waals surface area (Å²) in [5.41, 5.74) is 3.85. The normalized spacial score (nSPS) is 12.9. The van der Waals surface area contributed by atoms with Crippen LogP contribution in [0.4, 0.5) is 10.1 Å². The van der Waals surface area contributed by atoms with Gasteiger partial charge in [-0.05, 0) is 71.8 Å². The summed E-state index contributed by atoms with van der Waals surface area (Å²) >= 11 is 1.54. The monoisotopic (exact) mass is 434 g/mol. The molecule has 0 saturated carbocycles. The van der Waals surface area contributed by atoms with Gasteiger partial charge in [0.2, 0.25) is 6.79 Å². The maximum Gasteiger partial charge on any atom is 0.231 e. The van der Waals surface area contributed by atoms with Crippen molar-refractivity contribution in [1.29, 1.82) is 0 Å². The lowest BCUT2D eigenvalue weighted by Crippen LogP contribution is -2.16. The summed E-state index contributed by atoms with van der Waals surface area (Å²) in [6.07, 6.45) is 0. The number of benzene rings is 3. The standard InChI is InChI=1S/C24H19FN2O3S/c1-28-20-9-3-17(4-10-20)21-14-31-24(26-19-7-5-18(25)6-8-19)27(21)13-16-2-11-22-23(12-16)30-15-29-22/h2-12,14H,13,15H2,1H3. The van der Waals surface area contributed by atoms with Crippen molar-refractivity contribution < 1.29 is 18.6 Å². The quantitative estimate of drug-likeness (QED) is 0.424. The molecule has 3 aromatic carbocycles. The van der Waals surface area contributed by atoms with E-state index in [4.69, 9.17) is 19.2 Å². The Morgan fingerprint density at radius 1 is 1.00 bits per heavy atom. The number of thiazole rings is 1. The van der Waals surface area contributed by atoms with Gasteiger partial charge in [-0.2, -0.15) is 0 Å². The average Bonchev–Trinajstić information content (AvgIpc) is 3.42. The van der Waals surface area contributed by atoms with Gasteiger partial charge in [-0.25, -0.2) is 9.38 Å². The highest BCUT2D eigenvalue weighted by Crippen LogP contribution is 2.33. The van der Waals surface area contributed by atoms with Crippen molar-refractivity contribution in [2.45, 2.75) is 6.54 Å². The van der Waals surface area contributed by atoms with E-state index in [-0.39, 0.29) is 12.6 Å². The zero-order chi connectivity index (χ0) is 21.2. The van der Waals surface area contributed by atoms with Crippen molar-refractivity contribution in [3.63, 3.8) is 0 Å². The molecule has 1 aliphatic rings. The Morgan fingerprint density at radius 3 is 2.55 bits per heavy atom. The van der Waals surface area contributed by atoms with Crippen LogP contribution in [0.25, 0.3) is 11.3 Å². The Balaban J connectivity index is 1.59.